The minimum Gasteiger partial charge on any atom is -0.0985 e. The van der Waals surface area contributed by atoms with Gasteiger partial charge < -0.3 is 0 Å². The molecule has 0 fully saturated rings. The lowest BCUT2D eigenvalue weighted by atomic mass is 10.1. The van der Waals surface area contributed by atoms with Crippen LogP contribution in [0, 0.1) is 0 Å². The molecule has 3 rings (SSSR count). The highest BCUT2D eigenvalue weighted by atomic mass is 14.0. The molecular weight excluding hydrogens is 360 g/mol. The SMILES string of the molecule is C=Cc1ccc(CC)cc1.C=Cc1cccc(CC)c1.C=Cc1ccccc1CC. The van der Waals surface area contributed by atoms with Crippen molar-refractivity contribution >= 4 is 18.2 Å². The molecule has 0 saturated carbocycles. The van der Waals surface area contributed by atoms with Crippen molar-refractivity contribution in [1.29, 1.82) is 0 Å². The number of benzene rings is 3. The first kappa shape index (κ1) is 24.9. The molecule has 0 heterocycles. The summed E-state index contributed by atoms with van der Waals surface area (Å²) >= 11 is 0. The van der Waals surface area contributed by atoms with Crippen LogP contribution in [-0.2, 0) is 19.3 Å². The Kier molecular flexibility index (Phi) is 12.3. The van der Waals surface area contributed by atoms with E-state index in [2.05, 4.69) is 107 Å². The van der Waals surface area contributed by atoms with Crippen LogP contribution in [0.1, 0.15) is 54.2 Å². The Labute approximate surface area is 184 Å². The lowest BCUT2D eigenvalue weighted by Gasteiger charge is -1.99. The molecule has 0 aliphatic carbocycles. The van der Waals surface area contributed by atoms with Crippen molar-refractivity contribution in [3.8, 4) is 0 Å². The largest absolute Gasteiger partial charge is 0.0985 e. The summed E-state index contributed by atoms with van der Waals surface area (Å²) in [7, 11) is 0. The van der Waals surface area contributed by atoms with E-state index >= 15 is 0 Å². The number of rotatable bonds is 6. The van der Waals surface area contributed by atoms with Crippen LogP contribution in [0.2, 0.25) is 0 Å². The fourth-order valence-corrected chi connectivity index (χ4v) is 2.88. The second kappa shape index (κ2) is 14.8. The molecule has 156 valence electrons. The average Bonchev–Trinajstić information content (AvgIpc) is 2.84. The molecule has 3 aromatic carbocycles. The van der Waals surface area contributed by atoms with Crippen molar-refractivity contribution in [3.63, 3.8) is 0 Å². The fourth-order valence-electron chi connectivity index (χ4n) is 2.88. The van der Waals surface area contributed by atoms with Gasteiger partial charge in [-0.1, -0.05) is 132 Å². The third-order valence-electron chi connectivity index (χ3n) is 4.87. The maximum Gasteiger partial charge on any atom is -0.0231 e. The van der Waals surface area contributed by atoms with E-state index in [1.165, 1.54) is 33.4 Å². The van der Waals surface area contributed by atoms with Gasteiger partial charge in [0.2, 0.25) is 0 Å². The van der Waals surface area contributed by atoms with Crippen LogP contribution >= 0.6 is 0 Å². The molecule has 0 amide bonds. The molecule has 0 aromatic heterocycles. The van der Waals surface area contributed by atoms with Crippen LogP contribution < -0.4 is 0 Å². The monoisotopic (exact) mass is 396 g/mol. The van der Waals surface area contributed by atoms with E-state index in [0.29, 0.717) is 0 Å². The summed E-state index contributed by atoms with van der Waals surface area (Å²) in [5, 5.41) is 0. The van der Waals surface area contributed by atoms with Gasteiger partial charge in [0, 0.05) is 0 Å². The summed E-state index contributed by atoms with van der Waals surface area (Å²) in [5.41, 5.74) is 7.78. The smallest absolute Gasteiger partial charge is 0.0231 e. The molecule has 0 heteroatoms. The average molecular weight is 397 g/mol. The van der Waals surface area contributed by atoms with Crippen molar-refractivity contribution in [2.45, 2.75) is 40.0 Å². The lowest BCUT2D eigenvalue weighted by Crippen LogP contribution is -1.83. The summed E-state index contributed by atoms with van der Waals surface area (Å²) in [5.74, 6) is 0. The highest BCUT2D eigenvalue weighted by Crippen LogP contribution is 2.09. The molecule has 0 N–H and O–H groups in total. The normalized spacial score (nSPS) is 9.30. The molecular formula is C30H36. The van der Waals surface area contributed by atoms with Crippen molar-refractivity contribution in [3.05, 3.63) is 126 Å². The molecule has 3 aromatic rings. The molecule has 0 atom stereocenters. The minimum atomic E-state index is 1.09. The third-order valence-corrected chi connectivity index (χ3v) is 4.87. The van der Waals surface area contributed by atoms with E-state index in [1.54, 1.807) is 0 Å². The van der Waals surface area contributed by atoms with Crippen LogP contribution in [-0.4, -0.2) is 0 Å². The topological polar surface area (TPSA) is 0 Å². The van der Waals surface area contributed by atoms with E-state index in [9.17, 15) is 0 Å². The first-order valence-corrected chi connectivity index (χ1v) is 10.7. The predicted molar refractivity (Wildman–Crippen MR) is 138 cm³/mol. The van der Waals surface area contributed by atoms with E-state index < -0.39 is 0 Å². The highest BCUT2D eigenvalue weighted by molar-refractivity contribution is 5.51. The zero-order valence-electron chi connectivity index (χ0n) is 18.9. The van der Waals surface area contributed by atoms with Gasteiger partial charge in [-0.25, -0.2) is 0 Å². The molecule has 0 saturated heterocycles. The van der Waals surface area contributed by atoms with E-state index in [-0.39, 0.29) is 0 Å². The van der Waals surface area contributed by atoms with Gasteiger partial charge in [0.15, 0.2) is 0 Å². The maximum absolute atomic E-state index is 3.74. The maximum atomic E-state index is 3.74. The van der Waals surface area contributed by atoms with Crippen molar-refractivity contribution in [1.82, 2.24) is 0 Å². The van der Waals surface area contributed by atoms with Gasteiger partial charge in [-0.05, 0) is 52.6 Å². The Hall–Kier alpha value is -3.12. The van der Waals surface area contributed by atoms with Crippen LogP contribution in [0.15, 0.2) is 92.5 Å². The third kappa shape index (κ3) is 8.92. The van der Waals surface area contributed by atoms with Crippen molar-refractivity contribution in [2.75, 3.05) is 0 Å². The number of hydrogen-bond donors (Lipinski definition) is 0. The Morgan fingerprint density at radius 2 is 1.20 bits per heavy atom. The first-order chi connectivity index (χ1) is 14.6. The van der Waals surface area contributed by atoms with E-state index in [1.807, 2.05) is 24.3 Å². The van der Waals surface area contributed by atoms with Gasteiger partial charge in [0.05, 0.1) is 0 Å². The Morgan fingerprint density at radius 3 is 1.70 bits per heavy atom. The van der Waals surface area contributed by atoms with E-state index in [0.717, 1.165) is 19.3 Å². The lowest BCUT2D eigenvalue weighted by molar-refractivity contribution is 1.13. The molecule has 0 bridgehead atoms. The van der Waals surface area contributed by atoms with Crippen LogP contribution in [0.5, 0.6) is 0 Å². The van der Waals surface area contributed by atoms with Gasteiger partial charge in [-0.2, -0.15) is 0 Å². The summed E-state index contributed by atoms with van der Waals surface area (Å²) in [6, 6.07) is 25.2. The molecule has 0 aliphatic rings. The van der Waals surface area contributed by atoms with Crippen LogP contribution in [0.3, 0.4) is 0 Å². The molecule has 0 spiro atoms. The summed E-state index contributed by atoms with van der Waals surface area (Å²) in [6.45, 7) is 17.6. The summed E-state index contributed by atoms with van der Waals surface area (Å²) in [6.07, 6.45) is 8.93. The van der Waals surface area contributed by atoms with Gasteiger partial charge in [0.25, 0.3) is 0 Å². The van der Waals surface area contributed by atoms with Crippen molar-refractivity contribution < 1.29 is 0 Å². The summed E-state index contributed by atoms with van der Waals surface area (Å²) < 4.78 is 0. The minimum absolute atomic E-state index is 1.09. The number of aryl methyl sites for hydroxylation is 3. The molecule has 0 aliphatic heterocycles. The molecule has 30 heavy (non-hydrogen) atoms. The van der Waals surface area contributed by atoms with Gasteiger partial charge in [-0.3, -0.25) is 0 Å². The zero-order chi connectivity index (χ0) is 22.2. The zero-order valence-corrected chi connectivity index (χ0v) is 18.9. The molecule has 0 radical (unpaired) electrons. The Morgan fingerprint density at radius 1 is 0.567 bits per heavy atom. The van der Waals surface area contributed by atoms with Crippen LogP contribution in [0.4, 0.5) is 0 Å². The van der Waals surface area contributed by atoms with Crippen LogP contribution in [0.25, 0.3) is 18.2 Å². The fraction of sp³-hybridized carbons (Fsp3) is 0.200. The Balaban J connectivity index is 0.000000225. The van der Waals surface area contributed by atoms with E-state index in [4.69, 9.17) is 0 Å². The highest BCUT2D eigenvalue weighted by Gasteiger charge is 1.92. The molecule has 0 nitrogen and oxygen atoms in total. The van der Waals surface area contributed by atoms with Gasteiger partial charge >= 0.3 is 0 Å². The van der Waals surface area contributed by atoms with Gasteiger partial charge in [0.1, 0.15) is 0 Å². The Bertz CT molecular complexity index is 897. The first-order valence-electron chi connectivity index (χ1n) is 10.7. The second-order valence-electron chi connectivity index (χ2n) is 6.86. The second-order valence-corrected chi connectivity index (χ2v) is 6.86. The van der Waals surface area contributed by atoms with Gasteiger partial charge in [-0.15, -0.1) is 0 Å². The summed E-state index contributed by atoms with van der Waals surface area (Å²) in [4.78, 5) is 0. The number of hydrogen-bond acceptors (Lipinski definition) is 0. The van der Waals surface area contributed by atoms with Crippen molar-refractivity contribution in [2.24, 2.45) is 0 Å². The quantitative estimate of drug-likeness (QED) is 0.391. The molecule has 0 unspecified atom stereocenters. The predicted octanol–water partition coefficient (Wildman–Crippen LogP) is 8.68. The standard InChI is InChI=1S/3C10H12/c1-3-9-5-7-10(4-2)8-6-9;1-3-9-6-5-7-10(4-2)8-9;1-3-9-7-5-6-8-10(9)4-2/h3*3,5-8H,1,4H2,2H3.